The fourth-order valence-electron chi connectivity index (χ4n) is 2.38. The Kier molecular flexibility index (Phi) is 3.94. The van der Waals surface area contributed by atoms with Gasteiger partial charge in [0.2, 0.25) is 5.89 Å². The summed E-state index contributed by atoms with van der Waals surface area (Å²) in [6.07, 6.45) is 4.24. The Morgan fingerprint density at radius 3 is 3.11 bits per heavy atom. The minimum Gasteiger partial charge on any atom is -0.339 e. The Balaban J connectivity index is 1.70. The lowest BCUT2D eigenvalue weighted by Gasteiger charge is -2.19. The van der Waals surface area contributed by atoms with Crippen LogP contribution in [0.15, 0.2) is 33.3 Å². The maximum atomic E-state index is 5.35. The third kappa shape index (κ3) is 3.22. The molecule has 0 spiro atoms. The van der Waals surface area contributed by atoms with Crippen molar-refractivity contribution < 1.29 is 4.52 Å². The number of benzene rings is 1. The SMILES string of the molecule is Brc1cccc(Cc2nc(C3CCCCN3)no2)c1. The Hall–Kier alpha value is -1.20. The standard InChI is InChI=1S/C14H16BrN3O/c15-11-5-3-4-10(8-11)9-13-17-14(18-19-13)12-6-1-2-7-16-12/h3-5,8,12,16H,1-2,6-7,9H2. The molecule has 1 atom stereocenters. The third-order valence-corrected chi connectivity index (χ3v) is 3.84. The van der Waals surface area contributed by atoms with Crippen molar-refractivity contribution >= 4 is 15.9 Å². The Labute approximate surface area is 120 Å². The number of hydrogen-bond donors (Lipinski definition) is 1. The number of aromatic nitrogens is 2. The van der Waals surface area contributed by atoms with Gasteiger partial charge in [-0.2, -0.15) is 4.98 Å². The average molecular weight is 322 g/mol. The second-order valence-corrected chi connectivity index (χ2v) is 5.77. The van der Waals surface area contributed by atoms with Crippen molar-refractivity contribution in [2.75, 3.05) is 6.54 Å². The zero-order valence-corrected chi connectivity index (χ0v) is 12.2. The number of hydrogen-bond acceptors (Lipinski definition) is 4. The lowest BCUT2D eigenvalue weighted by molar-refractivity contribution is 0.351. The smallest absolute Gasteiger partial charge is 0.231 e. The topological polar surface area (TPSA) is 51.0 Å². The van der Waals surface area contributed by atoms with Crippen LogP contribution in [0.2, 0.25) is 0 Å². The van der Waals surface area contributed by atoms with Gasteiger partial charge in [0.1, 0.15) is 0 Å². The Morgan fingerprint density at radius 2 is 2.32 bits per heavy atom. The van der Waals surface area contributed by atoms with Crippen LogP contribution in [-0.2, 0) is 6.42 Å². The molecule has 1 N–H and O–H groups in total. The zero-order valence-electron chi connectivity index (χ0n) is 10.6. The van der Waals surface area contributed by atoms with Crippen LogP contribution in [0.1, 0.15) is 42.6 Å². The summed E-state index contributed by atoms with van der Waals surface area (Å²) in [4.78, 5) is 4.50. The molecule has 1 aromatic carbocycles. The van der Waals surface area contributed by atoms with E-state index < -0.39 is 0 Å². The maximum Gasteiger partial charge on any atom is 0.231 e. The molecule has 1 aliphatic rings. The highest BCUT2D eigenvalue weighted by atomic mass is 79.9. The highest BCUT2D eigenvalue weighted by Crippen LogP contribution is 2.21. The van der Waals surface area contributed by atoms with Gasteiger partial charge in [-0.3, -0.25) is 0 Å². The molecule has 1 fully saturated rings. The largest absolute Gasteiger partial charge is 0.339 e. The number of rotatable bonds is 3. The van der Waals surface area contributed by atoms with Crippen LogP contribution >= 0.6 is 15.9 Å². The Bertz CT molecular complexity index is 549. The van der Waals surface area contributed by atoms with Gasteiger partial charge in [0.05, 0.1) is 12.5 Å². The van der Waals surface area contributed by atoms with Crippen molar-refractivity contribution in [3.8, 4) is 0 Å². The first kappa shape index (κ1) is 12.8. The van der Waals surface area contributed by atoms with E-state index in [1.165, 1.54) is 18.4 Å². The van der Waals surface area contributed by atoms with E-state index in [9.17, 15) is 0 Å². The van der Waals surface area contributed by atoms with Crippen LogP contribution in [0.5, 0.6) is 0 Å². The van der Waals surface area contributed by atoms with E-state index in [0.717, 1.165) is 23.3 Å². The fraction of sp³-hybridized carbons (Fsp3) is 0.429. The van der Waals surface area contributed by atoms with Gasteiger partial charge in [0.25, 0.3) is 0 Å². The molecule has 2 heterocycles. The molecule has 3 rings (SSSR count). The van der Waals surface area contributed by atoms with E-state index in [0.29, 0.717) is 12.3 Å². The summed E-state index contributed by atoms with van der Waals surface area (Å²) in [7, 11) is 0. The van der Waals surface area contributed by atoms with Gasteiger partial charge >= 0.3 is 0 Å². The number of piperidine rings is 1. The van der Waals surface area contributed by atoms with Crippen molar-refractivity contribution in [3.05, 3.63) is 46.0 Å². The first-order valence-electron chi connectivity index (χ1n) is 6.61. The van der Waals surface area contributed by atoms with Crippen LogP contribution in [0.4, 0.5) is 0 Å². The van der Waals surface area contributed by atoms with Crippen molar-refractivity contribution in [2.24, 2.45) is 0 Å². The molecular formula is C14H16BrN3O. The summed E-state index contributed by atoms with van der Waals surface area (Å²) in [6, 6.07) is 8.42. The average Bonchev–Trinajstić information content (AvgIpc) is 2.88. The van der Waals surface area contributed by atoms with Crippen LogP contribution in [-0.4, -0.2) is 16.7 Å². The molecule has 19 heavy (non-hydrogen) atoms. The van der Waals surface area contributed by atoms with Crippen molar-refractivity contribution in [3.63, 3.8) is 0 Å². The second kappa shape index (κ2) is 5.84. The quantitative estimate of drug-likeness (QED) is 0.942. The predicted molar refractivity (Wildman–Crippen MR) is 75.8 cm³/mol. The van der Waals surface area contributed by atoms with E-state index in [1.54, 1.807) is 0 Å². The summed E-state index contributed by atoms with van der Waals surface area (Å²) < 4.78 is 6.41. The van der Waals surface area contributed by atoms with Gasteiger partial charge in [0, 0.05) is 4.47 Å². The lowest BCUT2D eigenvalue weighted by atomic mass is 10.0. The van der Waals surface area contributed by atoms with E-state index in [4.69, 9.17) is 4.52 Å². The fourth-order valence-corrected chi connectivity index (χ4v) is 2.82. The van der Waals surface area contributed by atoms with Crippen LogP contribution < -0.4 is 5.32 Å². The van der Waals surface area contributed by atoms with E-state index >= 15 is 0 Å². The highest BCUT2D eigenvalue weighted by Gasteiger charge is 2.20. The van der Waals surface area contributed by atoms with E-state index in [-0.39, 0.29) is 6.04 Å². The van der Waals surface area contributed by atoms with E-state index in [2.05, 4.69) is 43.5 Å². The van der Waals surface area contributed by atoms with E-state index in [1.807, 2.05) is 12.1 Å². The molecule has 5 heteroatoms. The molecule has 1 aliphatic heterocycles. The third-order valence-electron chi connectivity index (χ3n) is 3.35. The maximum absolute atomic E-state index is 5.35. The first-order chi connectivity index (χ1) is 9.31. The molecule has 2 aromatic rings. The van der Waals surface area contributed by atoms with Gasteiger partial charge in [-0.25, -0.2) is 0 Å². The molecule has 0 saturated carbocycles. The van der Waals surface area contributed by atoms with Gasteiger partial charge in [-0.1, -0.05) is 39.6 Å². The van der Waals surface area contributed by atoms with Gasteiger partial charge in [-0.15, -0.1) is 0 Å². The Morgan fingerprint density at radius 1 is 1.37 bits per heavy atom. The van der Waals surface area contributed by atoms with Gasteiger partial charge in [0.15, 0.2) is 5.82 Å². The van der Waals surface area contributed by atoms with Crippen LogP contribution in [0.3, 0.4) is 0 Å². The molecule has 0 bridgehead atoms. The van der Waals surface area contributed by atoms with Crippen molar-refractivity contribution in [2.45, 2.75) is 31.7 Å². The minimum absolute atomic E-state index is 0.258. The monoisotopic (exact) mass is 321 g/mol. The van der Waals surface area contributed by atoms with Crippen molar-refractivity contribution in [1.29, 1.82) is 0 Å². The number of nitrogens with one attached hydrogen (secondary N) is 1. The first-order valence-corrected chi connectivity index (χ1v) is 7.41. The van der Waals surface area contributed by atoms with Crippen LogP contribution in [0, 0.1) is 0 Å². The van der Waals surface area contributed by atoms with Crippen molar-refractivity contribution in [1.82, 2.24) is 15.5 Å². The number of halogens is 1. The molecule has 4 nitrogen and oxygen atoms in total. The van der Waals surface area contributed by atoms with Crippen LogP contribution in [0.25, 0.3) is 0 Å². The summed E-state index contributed by atoms with van der Waals surface area (Å²) in [5, 5.41) is 7.53. The summed E-state index contributed by atoms with van der Waals surface area (Å²) in [5.41, 5.74) is 1.17. The molecule has 0 radical (unpaired) electrons. The molecule has 1 saturated heterocycles. The normalized spacial score (nSPS) is 19.5. The molecule has 100 valence electrons. The predicted octanol–water partition coefficient (Wildman–Crippen LogP) is 3.24. The number of nitrogens with zero attached hydrogens (tertiary/aromatic N) is 2. The summed E-state index contributed by atoms with van der Waals surface area (Å²) in [6.45, 7) is 1.04. The lowest BCUT2D eigenvalue weighted by Crippen LogP contribution is -2.27. The molecule has 0 aliphatic carbocycles. The van der Waals surface area contributed by atoms with Gasteiger partial charge < -0.3 is 9.84 Å². The summed E-state index contributed by atoms with van der Waals surface area (Å²) >= 11 is 3.47. The molecule has 1 aromatic heterocycles. The minimum atomic E-state index is 0.258. The zero-order chi connectivity index (χ0) is 13.1. The highest BCUT2D eigenvalue weighted by molar-refractivity contribution is 9.10. The summed E-state index contributed by atoms with van der Waals surface area (Å²) in [5.74, 6) is 1.48. The van der Waals surface area contributed by atoms with Gasteiger partial charge in [-0.05, 0) is 37.1 Å². The second-order valence-electron chi connectivity index (χ2n) is 4.86. The molecule has 1 unspecified atom stereocenters. The molecular weight excluding hydrogens is 306 g/mol. The molecule has 0 amide bonds.